The lowest BCUT2D eigenvalue weighted by atomic mass is 9.93. The molecule has 224 valence electrons. The number of carbonyl (C=O) groups excluding carboxylic acids is 4. The summed E-state index contributed by atoms with van der Waals surface area (Å²) >= 11 is 0. The summed E-state index contributed by atoms with van der Waals surface area (Å²) in [5.41, 5.74) is -0.203. The van der Waals surface area contributed by atoms with Gasteiger partial charge < -0.3 is 20.3 Å². The molecule has 1 spiro atoms. The molecule has 3 aliphatic rings. The minimum absolute atomic E-state index is 0.0836. The van der Waals surface area contributed by atoms with Crippen LogP contribution in [0, 0.1) is 0 Å². The van der Waals surface area contributed by atoms with Gasteiger partial charge in [0.15, 0.2) is 0 Å². The fraction of sp³-hybridized carbons (Fsp3) is 0.345. The number of hydrogen-bond donors (Lipinski definition) is 2. The third-order valence-corrected chi connectivity index (χ3v) is 8.07. The molecule has 43 heavy (non-hydrogen) atoms. The van der Waals surface area contributed by atoms with Gasteiger partial charge in [-0.25, -0.2) is 14.5 Å². The van der Waals surface area contributed by atoms with E-state index in [9.17, 15) is 32.3 Å². The van der Waals surface area contributed by atoms with Crippen LogP contribution in [0.25, 0.3) is 11.3 Å². The SMILES string of the molecule is CNC(=O)Nc1ccc2c(c1)CCC21OC(=O)N(CC(=O)N2CCCc3cc(-c4ccn(C)n4)c(C(F)(F)F)cc32)C1=O. The summed E-state index contributed by atoms with van der Waals surface area (Å²) in [6, 6.07) is 8.29. The Morgan fingerprint density at radius 1 is 1.09 bits per heavy atom. The van der Waals surface area contributed by atoms with Crippen LogP contribution >= 0.6 is 0 Å². The summed E-state index contributed by atoms with van der Waals surface area (Å²) in [6.45, 7) is -0.563. The molecule has 0 saturated carbocycles. The normalized spacial score (nSPS) is 19.4. The molecule has 11 nitrogen and oxygen atoms in total. The number of aryl methyl sites for hydroxylation is 3. The van der Waals surface area contributed by atoms with Crippen molar-refractivity contribution in [2.75, 3.05) is 30.4 Å². The van der Waals surface area contributed by atoms with E-state index in [1.807, 2.05) is 0 Å². The molecule has 14 heteroatoms. The summed E-state index contributed by atoms with van der Waals surface area (Å²) in [5.74, 6) is -1.42. The number of urea groups is 1. The number of carbonyl (C=O) groups is 4. The molecule has 1 aromatic heterocycles. The molecule has 6 rings (SSSR count). The van der Waals surface area contributed by atoms with Crippen LogP contribution in [-0.4, -0.2) is 58.8 Å². The highest BCUT2D eigenvalue weighted by Crippen LogP contribution is 2.46. The van der Waals surface area contributed by atoms with Crippen molar-refractivity contribution in [2.24, 2.45) is 7.05 Å². The van der Waals surface area contributed by atoms with Crippen molar-refractivity contribution in [3.8, 4) is 11.3 Å². The molecule has 0 radical (unpaired) electrons. The molecule has 3 heterocycles. The van der Waals surface area contributed by atoms with Crippen LogP contribution in [0.5, 0.6) is 0 Å². The van der Waals surface area contributed by atoms with Gasteiger partial charge in [-0.3, -0.25) is 14.3 Å². The molecule has 1 fully saturated rings. The maximum atomic E-state index is 14.2. The van der Waals surface area contributed by atoms with E-state index in [1.54, 1.807) is 31.4 Å². The number of benzene rings is 2. The van der Waals surface area contributed by atoms with Gasteiger partial charge in [0.25, 0.3) is 5.91 Å². The Morgan fingerprint density at radius 2 is 1.88 bits per heavy atom. The summed E-state index contributed by atoms with van der Waals surface area (Å²) < 4.78 is 49.6. The van der Waals surface area contributed by atoms with Crippen LogP contribution in [0.2, 0.25) is 0 Å². The van der Waals surface area contributed by atoms with Gasteiger partial charge in [0.1, 0.15) is 6.54 Å². The van der Waals surface area contributed by atoms with Crippen molar-refractivity contribution in [3.63, 3.8) is 0 Å². The summed E-state index contributed by atoms with van der Waals surface area (Å²) in [5, 5.41) is 9.23. The van der Waals surface area contributed by atoms with E-state index < -0.39 is 47.8 Å². The number of halogens is 3. The molecule has 1 unspecified atom stereocenters. The Hall–Kier alpha value is -4.88. The molecule has 2 aliphatic heterocycles. The maximum absolute atomic E-state index is 14.2. The number of imide groups is 1. The van der Waals surface area contributed by atoms with Crippen LogP contribution in [0.4, 0.5) is 34.1 Å². The van der Waals surface area contributed by atoms with Gasteiger partial charge in [0.2, 0.25) is 11.5 Å². The highest BCUT2D eigenvalue weighted by Gasteiger charge is 2.58. The quantitative estimate of drug-likeness (QED) is 0.470. The number of aromatic nitrogens is 2. The molecular weight excluding hydrogens is 569 g/mol. The van der Waals surface area contributed by atoms with E-state index in [2.05, 4.69) is 15.7 Å². The number of nitrogens with zero attached hydrogens (tertiary/aromatic N) is 4. The molecule has 1 aliphatic carbocycles. The van der Waals surface area contributed by atoms with Crippen molar-refractivity contribution in [2.45, 2.75) is 37.5 Å². The molecule has 2 N–H and O–H groups in total. The number of hydrogen-bond acceptors (Lipinski definition) is 6. The summed E-state index contributed by atoms with van der Waals surface area (Å²) in [7, 11) is 3.08. The molecule has 5 amide bonds. The topological polar surface area (TPSA) is 126 Å². The average Bonchev–Trinajstić information content (AvgIpc) is 3.63. The van der Waals surface area contributed by atoms with E-state index in [0.29, 0.717) is 41.6 Å². The number of amides is 5. The highest BCUT2D eigenvalue weighted by molar-refractivity contribution is 6.08. The largest absolute Gasteiger partial charge is 0.427 e. The first-order valence-corrected chi connectivity index (χ1v) is 13.6. The molecule has 1 saturated heterocycles. The van der Waals surface area contributed by atoms with Gasteiger partial charge in [-0.15, -0.1) is 0 Å². The monoisotopic (exact) mass is 596 g/mol. The van der Waals surface area contributed by atoms with Crippen molar-refractivity contribution >= 4 is 35.3 Å². The van der Waals surface area contributed by atoms with Crippen LogP contribution in [0.15, 0.2) is 42.6 Å². The maximum Gasteiger partial charge on any atom is 0.418 e. The fourth-order valence-electron chi connectivity index (χ4n) is 6.04. The standard InChI is InChI=1S/C29H27F3N6O5/c1-33-26(41)34-18-5-6-20-16(12-18)7-9-28(20)25(40)38(27(42)43-28)15-24(39)37-10-3-4-17-13-19(22-8-11-36(2)35-22)21(14-23(17)37)29(30,31)32/h5-6,8,11-14H,3-4,7,9-10,15H2,1-2H3,(H2,33,34,41). The zero-order chi connectivity index (χ0) is 30.7. The van der Waals surface area contributed by atoms with E-state index >= 15 is 0 Å². The van der Waals surface area contributed by atoms with Crippen LogP contribution < -0.4 is 15.5 Å². The Morgan fingerprint density at radius 3 is 2.58 bits per heavy atom. The number of ether oxygens (including phenoxy) is 1. The lowest BCUT2D eigenvalue weighted by Crippen LogP contribution is -2.46. The smallest absolute Gasteiger partial charge is 0.418 e. The Labute approximate surface area is 243 Å². The lowest BCUT2D eigenvalue weighted by molar-refractivity contribution is -0.139. The van der Waals surface area contributed by atoms with E-state index in [1.165, 1.54) is 28.8 Å². The van der Waals surface area contributed by atoms with Gasteiger partial charge in [-0.2, -0.15) is 18.3 Å². The molecule has 1 atom stereocenters. The first kappa shape index (κ1) is 28.2. The van der Waals surface area contributed by atoms with E-state index in [4.69, 9.17) is 4.74 Å². The second-order valence-corrected chi connectivity index (χ2v) is 10.7. The highest BCUT2D eigenvalue weighted by atomic mass is 19.4. The number of alkyl halides is 3. The molecule has 2 aromatic carbocycles. The summed E-state index contributed by atoms with van der Waals surface area (Å²) in [6.07, 6.45) is -2.71. The van der Waals surface area contributed by atoms with Crippen molar-refractivity contribution in [3.05, 3.63) is 64.8 Å². The van der Waals surface area contributed by atoms with Crippen LogP contribution in [-0.2, 0) is 46.0 Å². The minimum Gasteiger partial charge on any atom is -0.427 e. The number of rotatable bonds is 4. The third kappa shape index (κ3) is 4.76. The van der Waals surface area contributed by atoms with E-state index in [-0.39, 0.29) is 29.9 Å². The predicted molar refractivity (Wildman–Crippen MR) is 147 cm³/mol. The van der Waals surface area contributed by atoms with Crippen molar-refractivity contribution in [1.82, 2.24) is 20.0 Å². The zero-order valence-corrected chi connectivity index (χ0v) is 23.2. The van der Waals surface area contributed by atoms with Gasteiger partial charge in [0.05, 0.1) is 11.3 Å². The van der Waals surface area contributed by atoms with Crippen LogP contribution in [0.3, 0.4) is 0 Å². The zero-order valence-electron chi connectivity index (χ0n) is 23.2. The average molecular weight is 597 g/mol. The van der Waals surface area contributed by atoms with Crippen LogP contribution in [0.1, 0.15) is 35.1 Å². The lowest BCUT2D eigenvalue weighted by Gasteiger charge is -2.32. The first-order valence-electron chi connectivity index (χ1n) is 13.6. The van der Waals surface area contributed by atoms with Gasteiger partial charge in [-0.1, -0.05) is 6.07 Å². The number of nitrogens with one attached hydrogen (secondary N) is 2. The van der Waals surface area contributed by atoms with Gasteiger partial charge >= 0.3 is 18.3 Å². The Bertz CT molecular complexity index is 1690. The first-order chi connectivity index (χ1) is 20.4. The number of fused-ring (bicyclic) bond motifs is 3. The Kier molecular flexibility index (Phi) is 6.66. The minimum atomic E-state index is -4.72. The van der Waals surface area contributed by atoms with Crippen molar-refractivity contribution in [1.29, 1.82) is 0 Å². The van der Waals surface area contributed by atoms with Gasteiger partial charge in [-0.05, 0) is 60.7 Å². The molecule has 3 aromatic rings. The molecular formula is C29H27F3N6O5. The second kappa shape index (κ2) is 10.1. The Balaban J connectivity index is 1.27. The fourth-order valence-corrected chi connectivity index (χ4v) is 6.04. The summed E-state index contributed by atoms with van der Waals surface area (Å²) in [4.78, 5) is 53.7. The number of anilines is 2. The third-order valence-electron chi connectivity index (χ3n) is 8.07. The molecule has 0 bridgehead atoms. The predicted octanol–water partition coefficient (Wildman–Crippen LogP) is 3.96. The van der Waals surface area contributed by atoms with Gasteiger partial charge in [0, 0.05) is 55.8 Å². The second-order valence-electron chi connectivity index (χ2n) is 10.7. The van der Waals surface area contributed by atoms with E-state index in [0.717, 1.165) is 11.0 Å². The van der Waals surface area contributed by atoms with Crippen molar-refractivity contribution < 1.29 is 37.1 Å².